The Morgan fingerprint density at radius 2 is 1.42 bits per heavy atom. The first-order valence-corrected chi connectivity index (χ1v) is 10.8. The quantitative estimate of drug-likeness (QED) is 0.664. The summed E-state index contributed by atoms with van der Waals surface area (Å²) in [5.41, 5.74) is 2.40. The SMILES string of the molecule is CC(C)Oc1ccc(C2=C(Cl)C(=O)N(c3ccc(N4CCN(C)CC4)cc3)C2=O)cc1. The van der Waals surface area contributed by atoms with Gasteiger partial charge in [-0.15, -0.1) is 0 Å². The molecule has 0 aliphatic carbocycles. The molecule has 162 valence electrons. The molecule has 1 fully saturated rings. The molecule has 0 radical (unpaired) electrons. The smallest absolute Gasteiger partial charge is 0.277 e. The van der Waals surface area contributed by atoms with E-state index in [1.807, 2.05) is 26.0 Å². The first-order valence-electron chi connectivity index (χ1n) is 10.4. The second-order valence-electron chi connectivity index (χ2n) is 8.13. The lowest BCUT2D eigenvalue weighted by Gasteiger charge is -2.34. The van der Waals surface area contributed by atoms with Gasteiger partial charge in [-0.2, -0.15) is 0 Å². The number of nitrogens with zero attached hydrogens (tertiary/aromatic N) is 3. The van der Waals surface area contributed by atoms with Crippen molar-refractivity contribution in [3.8, 4) is 5.75 Å². The number of carbonyl (C=O) groups is 2. The molecule has 0 unspecified atom stereocenters. The van der Waals surface area contributed by atoms with Crippen LogP contribution in [0.4, 0.5) is 11.4 Å². The molecule has 1 saturated heterocycles. The maximum Gasteiger partial charge on any atom is 0.277 e. The molecule has 0 aromatic heterocycles. The van der Waals surface area contributed by atoms with Gasteiger partial charge >= 0.3 is 0 Å². The largest absolute Gasteiger partial charge is 0.491 e. The number of benzene rings is 2. The topological polar surface area (TPSA) is 53.1 Å². The van der Waals surface area contributed by atoms with E-state index < -0.39 is 11.8 Å². The lowest BCUT2D eigenvalue weighted by atomic mass is 10.1. The summed E-state index contributed by atoms with van der Waals surface area (Å²) in [4.78, 5) is 31.7. The van der Waals surface area contributed by atoms with E-state index in [9.17, 15) is 9.59 Å². The molecule has 2 aromatic carbocycles. The van der Waals surface area contributed by atoms with Crippen LogP contribution in [0.1, 0.15) is 19.4 Å². The fraction of sp³-hybridized carbons (Fsp3) is 0.333. The van der Waals surface area contributed by atoms with Crippen LogP contribution in [-0.4, -0.2) is 56.0 Å². The second-order valence-corrected chi connectivity index (χ2v) is 8.51. The maximum atomic E-state index is 13.1. The summed E-state index contributed by atoms with van der Waals surface area (Å²) < 4.78 is 5.65. The van der Waals surface area contributed by atoms with Crippen molar-refractivity contribution in [2.24, 2.45) is 0 Å². The molecule has 4 rings (SSSR count). The second kappa shape index (κ2) is 8.73. The predicted octanol–water partition coefficient (Wildman–Crippen LogP) is 3.75. The number of hydrogen-bond donors (Lipinski definition) is 0. The van der Waals surface area contributed by atoms with Crippen LogP contribution in [0.3, 0.4) is 0 Å². The number of imide groups is 1. The predicted molar refractivity (Wildman–Crippen MR) is 124 cm³/mol. The van der Waals surface area contributed by atoms with E-state index in [-0.39, 0.29) is 16.7 Å². The van der Waals surface area contributed by atoms with Crippen molar-refractivity contribution in [3.63, 3.8) is 0 Å². The molecule has 0 spiro atoms. The number of amides is 2. The molecule has 2 aliphatic rings. The van der Waals surface area contributed by atoms with E-state index in [1.54, 1.807) is 36.4 Å². The van der Waals surface area contributed by atoms with Gasteiger partial charge < -0.3 is 14.5 Å². The Morgan fingerprint density at radius 3 is 2.00 bits per heavy atom. The summed E-state index contributed by atoms with van der Waals surface area (Å²) in [6, 6.07) is 14.6. The molecular formula is C24H26ClN3O3. The Hall–Kier alpha value is -2.83. The molecule has 2 amide bonds. The van der Waals surface area contributed by atoms with Crippen molar-refractivity contribution in [2.45, 2.75) is 20.0 Å². The van der Waals surface area contributed by atoms with Crippen molar-refractivity contribution in [1.29, 1.82) is 0 Å². The van der Waals surface area contributed by atoms with E-state index in [0.717, 1.165) is 36.8 Å². The number of piperazine rings is 1. The number of rotatable bonds is 5. The van der Waals surface area contributed by atoms with Crippen LogP contribution in [0.2, 0.25) is 0 Å². The number of ether oxygens (including phenoxy) is 1. The zero-order valence-electron chi connectivity index (χ0n) is 18.0. The minimum Gasteiger partial charge on any atom is -0.491 e. The standard InChI is InChI=1S/C24H26ClN3O3/c1-16(2)31-20-10-4-17(5-11-20)21-22(25)24(30)28(23(21)29)19-8-6-18(7-9-19)27-14-12-26(3)13-15-27/h4-11,16H,12-15H2,1-3H3. The van der Waals surface area contributed by atoms with Gasteiger partial charge in [0.05, 0.1) is 17.4 Å². The van der Waals surface area contributed by atoms with Crippen molar-refractivity contribution >= 4 is 40.4 Å². The first-order chi connectivity index (χ1) is 14.8. The van der Waals surface area contributed by atoms with Crippen LogP contribution in [-0.2, 0) is 9.59 Å². The van der Waals surface area contributed by atoms with Gasteiger partial charge in [-0.05, 0) is 62.9 Å². The van der Waals surface area contributed by atoms with Gasteiger partial charge in [0.1, 0.15) is 10.8 Å². The third-order valence-electron chi connectivity index (χ3n) is 5.52. The highest BCUT2D eigenvalue weighted by Gasteiger charge is 2.39. The van der Waals surface area contributed by atoms with Crippen molar-refractivity contribution < 1.29 is 14.3 Å². The summed E-state index contributed by atoms with van der Waals surface area (Å²) in [5, 5.41) is -0.0642. The van der Waals surface area contributed by atoms with Gasteiger partial charge in [0.25, 0.3) is 11.8 Å². The van der Waals surface area contributed by atoms with Gasteiger partial charge in [-0.3, -0.25) is 9.59 Å². The van der Waals surface area contributed by atoms with Crippen molar-refractivity contribution in [3.05, 3.63) is 59.1 Å². The number of hydrogen-bond acceptors (Lipinski definition) is 5. The number of halogens is 1. The molecule has 2 aliphatic heterocycles. The summed E-state index contributed by atoms with van der Waals surface area (Å²) >= 11 is 6.32. The summed E-state index contributed by atoms with van der Waals surface area (Å²) in [6.45, 7) is 7.80. The molecule has 0 atom stereocenters. The Bertz CT molecular complexity index is 1010. The summed E-state index contributed by atoms with van der Waals surface area (Å²) in [6.07, 6.45) is 0.0488. The molecule has 2 aromatic rings. The molecule has 0 saturated carbocycles. The monoisotopic (exact) mass is 439 g/mol. The molecule has 0 bridgehead atoms. The highest BCUT2D eigenvalue weighted by Crippen LogP contribution is 2.36. The van der Waals surface area contributed by atoms with E-state index in [4.69, 9.17) is 16.3 Å². The van der Waals surface area contributed by atoms with Crippen LogP contribution < -0.4 is 14.5 Å². The van der Waals surface area contributed by atoms with E-state index >= 15 is 0 Å². The highest BCUT2D eigenvalue weighted by atomic mass is 35.5. The zero-order chi connectivity index (χ0) is 22.1. The lowest BCUT2D eigenvalue weighted by molar-refractivity contribution is -0.119. The Morgan fingerprint density at radius 1 is 0.839 bits per heavy atom. The van der Waals surface area contributed by atoms with E-state index in [1.165, 1.54) is 0 Å². The lowest BCUT2D eigenvalue weighted by Crippen LogP contribution is -2.44. The molecular weight excluding hydrogens is 414 g/mol. The van der Waals surface area contributed by atoms with E-state index in [0.29, 0.717) is 17.0 Å². The van der Waals surface area contributed by atoms with Crippen LogP contribution in [0.5, 0.6) is 5.75 Å². The number of carbonyl (C=O) groups excluding carboxylic acids is 2. The van der Waals surface area contributed by atoms with Gasteiger partial charge in [0.15, 0.2) is 0 Å². The average molecular weight is 440 g/mol. The Kier molecular flexibility index (Phi) is 6.03. The van der Waals surface area contributed by atoms with Gasteiger partial charge in [0, 0.05) is 31.9 Å². The zero-order valence-corrected chi connectivity index (χ0v) is 18.7. The number of anilines is 2. The van der Waals surface area contributed by atoms with Crippen molar-refractivity contribution in [2.75, 3.05) is 43.0 Å². The summed E-state index contributed by atoms with van der Waals surface area (Å²) in [5.74, 6) is -0.222. The molecule has 7 heteroatoms. The van der Waals surface area contributed by atoms with Gasteiger partial charge in [-0.1, -0.05) is 23.7 Å². The normalized spacial score (nSPS) is 17.8. The Labute approximate surface area is 187 Å². The third-order valence-corrected chi connectivity index (χ3v) is 5.87. The molecule has 0 N–H and O–H groups in total. The maximum absolute atomic E-state index is 13.1. The van der Waals surface area contributed by atoms with Crippen LogP contribution in [0.25, 0.3) is 5.57 Å². The Balaban J connectivity index is 1.53. The molecule has 6 nitrogen and oxygen atoms in total. The van der Waals surface area contributed by atoms with Crippen LogP contribution >= 0.6 is 11.6 Å². The average Bonchev–Trinajstić information content (AvgIpc) is 2.97. The third kappa shape index (κ3) is 4.31. The fourth-order valence-corrected chi connectivity index (χ4v) is 4.11. The fourth-order valence-electron chi connectivity index (χ4n) is 3.84. The molecule has 31 heavy (non-hydrogen) atoms. The van der Waals surface area contributed by atoms with Crippen LogP contribution in [0, 0.1) is 0 Å². The van der Waals surface area contributed by atoms with Gasteiger partial charge in [-0.25, -0.2) is 4.90 Å². The highest BCUT2D eigenvalue weighted by molar-refractivity contribution is 6.60. The van der Waals surface area contributed by atoms with Crippen molar-refractivity contribution in [1.82, 2.24) is 4.90 Å². The minimum atomic E-state index is -0.503. The van der Waals surface area contributed by atoms with Crippen LogP contribution in [0.15, 0.2) is 53.6 Å². The summed E-state index contributed by atoms with van der Waals surface area (Å²) in [7, 11) is 2.12. The van der Waals surface area contributed by atoms with E-state index in [2.05, 4.69) is 16.8 Å². The number of likely N-dealkylation sites (N-methyl/N-ethyl adjacent to an activating group) is 1. The molecule has 2 heterocycles. The minimum absolute atomic E-state index is 0.0488. The first kappa shape index (κ1) is 21.4. The van der Waals surface area contributed by atoms with Gasteiger partial charge in [0.2, 0.25) is 0 Å².